The Labute approximate surface area is 178 Å². The molecule has 1 aliphatic heterocycles. The first-order valence-electron chi connectivity index (χ1n) is 8.19. The number of aliphatic hydroxyl groups excluding tert-OH is 1. The Kier molecular flexibility index (Phi) is 5.05. The van der Waals surface area contributed by atoms with Gasteiger partial charge in [-0.3, -0.25) is 14.5 Å². The summed E-state index contributed by atoms with van der Waals surface area (Å²) in [6, 6.07) is 12.9. The zero-order chi connectivity index (χ0) is 19.8. The molecule has 1 fully saturated rings. The molecule has 0 saturated carbocycles. The van der Waals surface area contributed by atoms with E-state index in [1.165, 1.54) is 16.2 Å². The lowest BCUT2D eigenvalue weighted by Gasteiger charge is -2.23. The van der Waals surface area contributed by atoms with Gasteiger partial charge in [0.1, 0.15) is 5.76 Å². The molecule has 1 aliphatic rings. The number of nitrogens with zero attached hydrogens (tertiary/aromatic N) is 2. The molecule has 0 aliphatic carbocycles. The number of anilines is 1. The lowest BCUT2D eigenvalue weighted by atomic mass is 9.95. The second kappa shape index (κ2) is 7.50. The summed E-state index contributed by atoms with van der Waals surface area (Å²) >= 11 is 10.6. The van der Waals surface area contributed by atoms with Crippen LogP contribution in [0.1, 0.15) is 17.2 Å². The van der Waals surface area contributed by atoms with Crippen molar-refractivity contribution >= 4 is 61.4 Å². The normalized spacial score (nSPS) is 18.6. The number of hydrogen-bond donors (Lipinski definition) is 1. The summed E-state index contributed by atoms with van der Waals surface area (Å²) in [6.07, 6.45) is 1.56. The van der Waals surface area contributed by atoms with Gasteiger partial charge in [0.2, 0.25) is 0 Å². The maximum atomic E-state index is 12.9. The highest BCUT2D eigenvalue weighted by Crippen LogP contribution is 2.42. The van der Waals surface area contributed by atoms with E-state index in [0.717, 1.165) is 4.47 Å². The van der Waals surface area contributed by atoms with Crippen LogP contribution in [0.2, 0.25) is 5.02 Å². The number of thiazole rings is 1. The molecule has 1 atom stereocenters. The zero-order valence-electron chi connectivity index (χ0n) is 14.2. The highest BCUT2D eigenvalue weighted by molar-refractivity contribution is 9.10. The fraction of sp³-hybridized carbons (Fsp3) is 0.0500. The van der Waals surface area contributed by atoms with Crippen molar-refractivity contribution in [1.29, 1.82) is 0 Å². The SMILES string of the molecule is O=C1C(=O)N(c2nccs2)[C@H](c2ccc(Cl)cc2)/C1=C(\O)c1ccc(Br)cc1. The Hall–Kier alpha value is -2.48. The van der Waals surface area contributed by atoms with Crippen molar-refractivity contribution in [3.05, 3.63) is 86.3 Å². The number of hydrogen-bond acceptors (Lipinski definition) is 5. The average molecular weight is 476 g/mol. The summed E-state index contributed by atoms with van der Waals surface area (Å²) in [6.45, 7) is 0. The van der Waals surface area contributed by atoms with E-state index in [9.17, 15) is 14.7 Å². The van der Waals surface area contributed by atoms with Crippen LogP contribution < -0.4 is 4.90 Å². The molecule has 4 rings (SSSR count). The van der Waals surface area contributed by atoms with Crippen molar-refractivity contribution in [3.8, 4) is 0 Å². The van der Waals surface area contributed by atoms with Gasteiger partial charge < -0.3 is 5.11 Å². The molecule has 8 heteroatoms. The predicted molar refractivity (Wildman–Crippen MR) is 112 cm³/mol. The lowest BCUT2D eigenvalue weighted by Crippen LogP contribution is -2.29. The third-order valence-corrected chi connectivity index (χ3v) is 5.92. The first-order valence-corrected chi connectivity index (χ1v) is 10.2. The summed E-state index contributed by atoms with van der Waals surface area (Å²) in [5.41, 5.74) is 1.11. The maximum Gasteiger partial charge on any atom is 0.301 e. The number of ketones is 1. The third-order valence-electron chi connectivity index (χ3n) is 4.37. The van der Waals surface area contributed by atoms with Crippen LogP contribution >= 0.6 is 38.9 Å². The molecule has 0 unspecified atom stereocenters. The number of aromatic nitrogens is 1. The number of amides is 1. The second-order valence-corrected chi connectivity index (χ2v) is 8.27. The molecule has 28 heavy (non-hydrogen) atoms. The van der Waals surface area contributed by atoms with Gasteiger partial charge in [-0.05, 0) is 29.8 Å². The minimum Gasteiger partial charge on any atom is -0.507 e. The second-order valence-electron chi connectivity index (χ2n) is 6.04. The van der Waals surface area contributed by atoms with Gasteiger partial charge in [0.25, 0.3) is 5.78 Å². The molecule has 0 spiro atoms. The molecule has 2 aromatic carbocycles. The van der Waals surface area contributed by atoms with Crippen molar-refractivity contribution in [2.24, 2.45) is 0 Å². The quantitative estimate of drug-likeness (QED) is 0.322. The maximum absolute atomic E-state index is 12.9. The smallest absolute Gasteiger partial charge is 0.301 e. The average Bonchev–Trinajstić information content (AvgIpc) is 3.30. The Morgan fingerprint density at radius 1 is 1.11 bits per heavy atom. The topological polar surface area (TPSA) is 70.5 Å². The van der Waals surface area contributed by atoms with Crippen molar-refractivity contribution in [2.45, 2.75) is 6.04 Å². The number of Topliss-reactive ketones (excluding diaryl/α,β-unsaturated/α-hetero) is 1. The summed E-state index contributed by atoms with van der Waals surface area (Å²) in [5.74, 6) is -1.71. The van der Waals surface area contributed by atoms with Gasteiger partial charge in [-0.1, -0.05) is 51.8 Å². The molecule has 2 heterocycles. The van der Waals surface area contributed by atoms with E-state index in [4.69, 9.17) is 11.6 Å². The van der Waals surface area contributed by atoms with Gasteiger partial charge in [0, 0.05) is 26.6 Å². The van der Waals surface area contributed by atoms with E-state index in [0.29, 0.717) is 21.3 Å². The summed E-state index contributed by atoms with van der Waals surface area (Å²) in [7, 11) is 0. The predicted octanol–water partition coefficient (Wildman–Crippen LogP) is 5.19. The summed E-state index contributed by atoms with van der Waals surface area (Å²) in [5, 5.41) is 13.6. The first kappa shape index (κ1) is 18.9. The molecule has 3 aromatic rings. The van der Waals surface area contributed by atoms with Crippen LogP contribution in [0.4, 0.5) is 5.13 Å². The highest BCUT2D eigenvalue weighted by Gasteiger charge is 2.47. The van der Waals surface area contributed by atoms with Gasteiger partial charge in [-0.15, -0.1) is 11.3 Å². The van der Waals surface area contributed by atoms with E-state index in [2.05, 4.69) is 20.9 Å². The van der Waals surface area contributed by atoms with Gasteiger partial charge >= 0.3 is 5.91 Å². The molecule has 1 N–H and O–H groups in total. The molecular weight excluding hydrogens is 464 g/mol. The fourth-order valence-electron chi connectivity index (χ4n) is 3.09. The first-order chi connectivity index (χ1) is 13.5. The van der Waals surface area contributed by atoms with Crippen molar-refractivity contribution in [3.63, 3.8) is 0 Å². The molecule has 1 aromatic heterocycles. The van der Waals surface area contributed by atoms with E-state index in [1.807, 2.05) is 0 Å². The summed E-state index contributed by atoms with van der Waals surface area (Å²) in [4.78, 5) is 31.2. The third kappa shape index (κ3) is 3.26. The van der Waals surface area contributed by atoms with E-state index in [1.54, 1.807) is 60.1 Å². The van der Waals surface area contributed by atoms with Crippen LogP contribution in [0.5, 0.6) is 0 Å². The van der Waals surface area contributed by atoms with Gasteiger partial charge in [-0.25, -0.2) is 4.98 Å². The molecule has 0 bridgehead atoms. The Morgan fingerprint density at radius 2 is 1.79 bits per heavy atom. The number of aliphatic hydroxyl groups is 1. The van der Waals surface area contributed by atoms with Crippen LogP contribution in [0.15, 0.2) is 70.2 Å². The summed E-state index contributed by atoms with van der Waals surface area (Å²) < 4.78 is 0.835. The van der Waals surface area contributed by atoms with Crippen LogP contribution in [-0.2, 0) is 9.59 Å². The molecule has 5 nitrogen and oxygen atoms in total. The number of halogens is 2. The van der Waals surface area contributed by atoms with Gasteiger partial charge in [0.15, 0.2) is 5.13 Å². The van der Waals surface area contributed by atoms with Crippen LogP contribution in [0.25, 0.3) is 5.76 Å². The van der Waals surface area contributed by atoms with Crippen LogP contribution in [0.3, 0.4) is 0 Å². The van der Waals surface area contributed by atoms with Crippen molar-refractivity contribution in [2.75, 3.05) is 4.90 Å². The largest absolute Gasteiger partial charge is 0.507 e. The van der Waals surface area contributed by atoms with Crippen LogP contribution in [-0.4, -0.2) is 21.8 Å². The number of carbonyl (C=O) groups is 2. The van der Waals surface area contributed by atoms with E-state index in [-0.39, 0.29) is 11.3 Å². The zero-order valence-corrected chi connectivity index (χ0v) is 17.3. The molecular formula is C20H12BrClN2O3S. The number of carbonyl (C=O) groups excluding carboxylic acids is 2. The Balaban J connectivity index is 1.93. The van der Waals surface area contributed by atoms with E-state index >= 15 is 0 Å². The van der Waals surface area contributed by atoms with Gasteiger partial charge in [-0.2, -0.15) is 0 Å². The Morgan fingerprint density at radius 3 is 2.39 bits per heavy atom. The molecule has 1 saturated heterocycles. The number of rotatable bonds is 3. The molecule has 1 amide bonds. The lowest BCUT2D eigenvalue weighted by molar-refractivity contribution is -0.132. The van der Waals surface area contributed by atoms with Gasteiger partial charge in [0.05, 0.1) is 11.6 Å². The minimum absolute atomic E-state index is 0.0184. The Bertz CT molecular complexity index is 1080. The number of benzene rings is 2. The minimum atomic E-state index is -0.799. The van der Waals surface area contributed by atoms with Crippen molar-refractivity contribution in [1.82, 2.24) is 4.98 Å². The van der Waals surface area contributed by atoms with E-state index < -0.39 is 17.7 Å². The highest BCUT2D eigenvalue weighted by atomic mass is 79.9. The molecule has 0 radical (unpaired) electrons. The monoisotopic (exact) mass is 474 g/mol. The van der Waals surface area contributed by atoms with Crippen molar-refractivity contribution < 1.29 is 14.7 Å². The standard InChI is InChI=1S/C20H12BrClN2O3S/c21-13-5-1-12(2-6-13)17(25)15-16(11-3-7-14(22)8-4-11)24(19(27)18(15)26)20-23-9-10-28-20/h1-10,16,25H/b17-15+/t16-/m1/s1. The fourth-order valence-corrected chi connectivity index (χ4v) is 4.15. The van der Waals surface area contributed by atoms with Crippen LogP contribution in [0, 0.1) is 0 Å². The molecule has 140 valence electrons.